The molecule has 3 rings (SSSR count). The van der Waals surface area contributed by atoms with E-state index in [9.17, 15) is 9.59 Å². The monoisotopic (exact) mass is 399 g/mol. The number of carbonyl (C=O) groups excluding carboxylic acids is 1. The number of aromatic amines is 1. The summed E-state index contributed by atoms with van der Waals surface area (Å²) in [5, 5.41) is 3.73. The fourth-order valence-electron chi connectivity index (χ4n) is 3.23. The molecule has 0 saturated carbocycles. The molecule has 0 radical (unpaired) electrons. The topological polar surface area (TPSA) is 84.1 Å². The zero-order chi connectivity index (χ0) is 20.3. The van der Waals surface area contributed by atoms with Gasteiger partial charge in [0, 0.05) is 11.4 Å². The zero-order valence-corrected chi connectivity index (χ0v) is 17.4. The molecule has 6 nitrogen and oxygen atoms in total. The molecule has 7 heteroatoms. The molecule has 0 aliphatic carbocycles. The lowest BCUT2D eigenvalue weighted by Gasteiger charge is -2.29. The summed E-state index contributed by atoms with van der Waals surface area (Å²) in [4.78, 5) is 33.3. The molecule has 2 N–H and O–H groups in total. The molecule has 0 unspecified atom stereocenters. The smallest absolute Gasteiger partial charge is 0.337 e. The summed E-state index contributed by atoms with van der Waals surface area (Å²) in [5.41, 5.74) is 2.13. The Morgan fingerprint density at radius 3 is 2.64 bits per heavy atom. The van der Waals surface area contributed by atoms with Gasteiger partial charge >= 0.3 is 5.97 Å². The van der Waals surface area contributed by atoms with Gasteiger partial charge in [-0.1, -0.05) is 49.0 Å². The number of hydrogen-bond acceptors (Lipinski definition) is 6. The maximum Gasteiger partial charge on any atom is 0.337 e. The predicted molar refractivity (Wildman–Crippen MR) is 112 cm³/mol. The molecule has 2 aromatic rings. The van der Waals surface area contributed by atoms with Crippen molar-refractivity contribution < 1.29 is 9.53 Å². The van der Waals surface area contributed by atoms with Crippen LogP contribution in [0.3, 0.4) is 0 Å². The molecule has 0 saturated heterocycles. The minimum Gasteiger partial charge on any atom is -0.460 e. The number of anilines is 1. The molecule has 0 fully saturated rings. The van der Waals surface area contributed by atoms with Gasteiger partial charge in [-0.3, -0.25) is 4.79 Å². The molecule has 0 amide bonds. The molecule has 28 heavy (non-hydrogen) atoms. The number of allylic oxidation sites excluding steroid dienone is 1. The molecule has 1 aliphatic rings. The third kappa shape index (κ3) is 4.14. The summed E-state index contributed by atoms with van der Waals surface area (Å²) in [6.07, 6.45) is 0.727. The molecular formula is C21H25N3O3S. The first-order valence-corrected chi connectivity index (χ1v) is 10.4. The Balaban J connectivity index is 2.16. The third-order valence-electron chi connectivity index (χ3n) is 4.36. The van der Waals surface area contributed by atoms with Crippen molar-refractivity contribution in [3.05, 3.63) is 63.1 Å². The summed E-state index contributed by atoms with van der Waals surface area (Å²) >= 11 is 1.51. The lowest BCUT2D eigenvalue weighted by molar-refractivity contribution is -0.143. The van der Waals surface area contributed by atoms with Crippen LogP contribution in [0.15, 0.2) is 51.6 Å². The molecule has 1 atom stereocenters. The number of nitrogens with one attached hydrogen (secondary N) is 2. The Hall–Kier alpha value is -2.54. The first kappa shape index (κ1) is 20.2. The molecule has 0 spiro atoms. The molecule has 1 aromatic heterocycles. The minimum atomic E-state index is -0.537. The van der Waals surface area contributed by atoms with Gasteiger partial charge in [-0.15, -0.1) is 0 Å². The van der Waals surface area contributed by atoms with E-state index < -0.39 is 11.9 Å². The Morgan fingerprint density at radius 1 is 1.29 bits per heavy atom. The number of hydrogen-bond donors (Lipinski definition) is 2. The maximum atomic E-state index is 13.0. The van der Waals surface area contributed by atoms with Crippen molar-refractivity contribution in [1.82, 2.24) is 9.97 Å². The van der Waals surface area contributed by atoms with Gasteiger partial charge in [0.25, 0.3) is 5.56 Å². The Bertz CT molecular complexity index is 951. The van der Waals surface area contributed by atoms with Crippen LogP contribution in [0.5, 0.6) is 0 Å². The fourth-order valence-corrected chi connectivity index (χ4v) is 3.94. The molecule has 148 valence electrons. The van der Waals surface area contributed by atoms with Crippen LogP contribution in [-0.4, -0.2) is 27.8 Å². The second kappa shape index (κ2) is 8.65. The van der Waals surface area contributed by atoms with E-state index in [0.717, 1.165) is 17.7 Å². The average Bonchev–Trinajstić information content (AvgIpc) is 2.65. The molecular weight excluding hydrogens is 374 g/mol. The SMILES string of the molecule is CCCSc1nc2c(c(=O)[nH]1)[C@@H](c1ccccc1)C(C(=O)OC(C)C)=C(C)N2. The van der Waals surface area contributed by atoms with Gasteiger partial charge in [-0.2, -0.15) is 0 Å². The standard InChI is InChI=1S/C21H25N3O3S/c1-5-11-28-21-23-18-17(19(25)24-21)16(14-9-7-6-8-10-14)15(13(4)22-18)20(26)27-12(2)3/h6-10,12,16H,5,11H2,1-4H3,(H2,22,23,24,25)/t16-/m0/s1. The quantitative estimate of drug-likeness (QED) is 0.433. The largest absolute Gasteiger partial charge is 0.460 e. The Labute approximate surface area is 168 Å². The van der Waals surface area contributed by atoms with Crippen LogP contribution in [0.2, 0.25) is 0 Å². The van der Waals surface area contributed by atoms with Crippen LogP contribution in [-0.2, 0) is 9.53 Å². The first-order valence-electron chi connectivity index (χ1n) is 9.43. The number of esters is 1. The molecule has 1 aromatic carbocycles. The van der Waals surface area contributed by atoms with E-state index in [1.807, 2.05) is 37.3 Å². The van der Waals surface area contributed by atoms with Gasteiger partial charge < -0.3 is 15.0 Å². The van der Waals surface area contributed by atoms with E-state index >= 15 is 0 Å². The number of ether oxygens (including phenoxy) is 1. The van der Waals surface area contributed by atoms with Crippen LogP contribution in [0.25, 0.3) is 0 Å². The van der Waals surface area contributed by atoms with Gasteiger partial charge in [0.05, 0.1) is 23.2 Å². The zero-order valence-electron chi connectivity index (χ0n) is 16.5. The van der Waals surface area contributed by atoms with Crippen molar-refractivity contribution in [3.8, 4) is 0 Å². The first-order chi connectivity index (χ1) is 13.4. The van der Waals surface area contributed by atoms with E-state index in [4.69, 9.17) is 4.74 Å². The van der Waals surface area contributed by atoms with Crippen LogP contribution in [0.1, 0.15) is 51.2 Å². The third-order valence-corrected chi connectivity index (χ3v) is 5.44. The van der Waals surface area contributed by atoms with Crippen LogP contribution in [0.4, 0.5) is 5.82 Å². The second-order valence-electron chi connectivity index (χ2n) is 6.94. The number of fused-ring (bicyclic) bond motifs is 1. The van der Waals surface area contributed by atoms with Crippen LogP contribution >= 0.6 is 11.8 Å². The van der Waals surface area contributed by atoms with Gasteiger partial charge in [-0.25, -0.2) is 9.78 Å². The summed E-state index contributed by atoms with van der Waals surface area (Å²) in [6.45, 7) is 7.51. The average molecular weight is 400 g/mol. The lowest BCUT2D eigenvalue weighted by atomic mass is 9.82. The summed E-state index contributed by atoms with van der Waals surface area (Å²) in [5.74, 6) is 0.397. The second-order valence-corrected chi connectivity index (χ2v) is 8.03. The Kier molecular flexibility index (Phi) is 6.24. The number of benzene rings is 1. The van der Waals surface area contributed by atoms with Crippen LogP contribution in [0, 0.1) is 0 Å². The summed E-state index contributed by atoms with van der Waals surface area (Å²) in [7, 11) is 0. The number of aromatic nitrogens is 2. The normalized spacial score (nSPS) is 16.0. The summed E-state index contributed by atoms with van der Waals surface area (Å²) in [6, 6.07) is 9.51. The molecule has 2 heterocycles. The van der Waals surface area contributed by atoms with E-state index in [0.29, 0.717) is 27.8 Å². The number of rotatable bonds is 6. The summed E-state index contributed by atoms with van der Waals surface area (Å²) < 4.78 is 5.47. The highest BCUT2D eigenvalue weighted by molar-refractivity contribution is 7.99. The number of thioether (sulfide) groups is 1. The molecule has 1 aliphatic heterocycles. The van der Waals surface area contributed by atoms with Gasteiger partial charge in [0.1, 0.15) is 5.82 Å². The lowest BCUT2D eigenvalue weighted by Crippen LogP contribution is -2.31. The fraction of sp³-hybridized carbons (Fsp3) is 0.381. The van der Waals surface area contributed by atoms with Crippen molar-refractivity contribution in [1.29, 1.82) is 0 Å². The number of nitrogens with zero attached hydrogens (tertiary/aromatic N) is 1. The van der Waals surface area contributed by atoms with Gasteiger partial charge in [0.2, 0.25) is 0 Å². The molecule has 0 bridgehead atoms. The predicted octanol–water partition coefficient (Wildman–Crippen LogP) is 4.06. The van der Waals surface area contributed by atoms with E-state index in [1.165, 1.54) is 11.8 Å². The number of H-pyrrole nitrogens is 1. The van der Waals surface area contributed by atoms with Gasteiger partial charge in [-0.05, 0) is 32.8 Å². The van der Waals surface area contributed by atoms with E-state index in [2.05, 4.69) is 22.2 Å². The van der Waals surface area contributed by atoms with Crippen molar-refractivity contribution in [3.63, 3.8) is 0 Å². The highest BCUT2D eigenvalue weighted by atomic mass is 32.2. The minimum absolute atomic E-state index is 0.243. The van der Waals surface area contributed by atoms with Crippen LogP contribution < -0.4 is 10.9 Å². The number of carbonyl (C=O) groups is 1. The Morgan fingerprint density at radius 2 is 2.00 bits per heavy atom. The van der Waals surface area contributed by atoms with E-state index in [1.54, 1.807) is 13.8 Å². The van der Waals surface area contributed by atoms with Crippen molar-refractivity contribution in [2.75, 3.05) is 11.1 Å². The van der Waals surface area contributed by atoms with Gasteiger partial charge in [0.15, 0.2) is 5.16 Å². The maximum absolute atomic E-state index is 13.0. The van der Waals surface area contributed by atoms with Crippen molar-refractivity contribution >= 4 is 23.5 Å². The van der Waals surface area contributed by atoms with Crippen molar-refractivity contribution in [2.24, 2.45) is 0 Å². The van der Waals surface area contributed by atoms with E-state index in [-0.39, 0.29) is 11.7 Å². The highest BCUT2D eigenvalue weighted by Crippen LogP contribution is 2.40. The highest BCUT2D eigenvalue weighted by Gasteiger charge is 2.36. The van der Waals surface area contributed by atoms with Crippen molar-refractivity contribution in [2.45, 2.75) is 51.3 Å².